The average molecular weight is 386 g/mol. The van der Waals surface area contributed by atoms with E-state index in [0.29, 0.717) is 12.6 Å². The standard InChI is InChI=1S/C21H31N5O2/c1-22-21(24-16-9-13-25(14-10-16)17-7-8-17)23-11-4-12-26-18-5-2-3-6-19(18)28-15-20(26)27/h2-3,5-6,16-17H,4,7-15H2,1H3,(H2,22,23,24). The molecule has 2 N–H and O–H groups in total. The molecule has 2 aliphatic heterocycles. The van der Waals surface area contributed by atoms with Crippen molar-refractivity contribution in [2.24, 2.45) is 4.99 Å². The van der Waals surface area contributed by atoms with Crippen LogP contribution >= 0.6 is 0 Å². The first-order valence-electron chi connectivity index (χ1n) is 10.5. The zero-order chi connectivity index (χ0) is 19.3. The Labute approximate surface area is 167 Å². The molecule has 1 amide bonds. The Kier molecular flexibility index (Phi) is 6.00. The summed E-state index contributed by atoms with van der Waals surface area (Å²) in [4.78, 5) is 21.0. The van der Waals surface area contributed by atoms with Crippen LogP contribution in [0.25, 0.3) is 0 Å². The highest BCUT2D eigenvalue weighted by Crippen LogP contribution is 2.31. The summed E-state index contributed by atoms with van der Waals surface area (Å²) < 4.78 is 5.50. The molecule has 2 heterocycles. The van der Waals surface area contributed by atoms with Crippen LogP contribution in [0.3, 0.4) is 0 Å². The van der Waals surface area contributed by atoms with Crippen LogP contribution in [0.4, 0.5) is 5.69 Å². The smallest absolute Gasteiger partial charge is 0.265 e. The third kappa shape index (κ3) is 4.58. The number of piperidine rings is 1. The van der Waals surface area contributed by atoms with Gasteiger partial charge in [0.2, 0.25) is 0 Å². The van der Waals surface area contributed by atoms with Gasteiger partial charge >= 0.3 is 0 Å². The first-order chi connectivity index (χ1) is 13.7. The van der Waals surface area contributed by atoms with E-state index in [0.717, 1.165) is 36.4 Å². The third-order valence-electron chi connectivity index (χ3n) is 5.82. The van der Waals surface area contributed by atoms with Gasteiger partial charge in [-0.15, -0.1) is 0 Å². The van der Waals surface area contributed by atoms with Crippen molar-refractivity contribution < 1.29 is 9.53 Å². The number of hydrogen-bond acceptors (Lipinski definition) is 4. The molecular formula is C21H31N5O2. The van der Waals surface area contributed by atoms with Gasteiger partial charge in [-0.2, -0.15) is 0 Å². The summed E-state index contributed by atoms with van der Waals surface area (Å²) in [5.74, 6) is 1.66. The van der Waals surface area contributed by atoms with E-state index in [9.17, 15) is 4.79 Å². The lowest BCUT2D eigenvalue weighted by Crippen LogP contribution is -2.49. The van der Waals surface area contributed by atoms with Crippen LogP contribution in [0.2, 0.25) is 0 Å². The number of ether oxygens (including phenoxy) is 1. The predicted octanol–water partition coefficient (Wildman–Crippen LogP) is 1.59. The summed E-state index contributed by atoms with van der Waals surface area (Å²) in [6.07, 6.45) is 5.97. The number of benzene rings is 1. The summed E-state index contributed by atoms with van der Waals surface area (Å²) in [6.45, 7) is 3.94. The second-order valence-electron chi connectivity index (χ2n) is 7.84. The van der Waals surface area contributed by atoms with Gasteiger partial charge in [0, 0.05) is 45.3 Å². The molecule has 1 aromatic carbocycles. The summed E-state index contributed by atoms with van der Waals surface area (Å²) in [6, 6.07) is 9.08. The molecule has 0 unspecified atom stereocenters. The molecule has 0 radical (unpaired) electrons. The van der Waals surface area contributed by atoms with Crippen LogP contribution in [0, 0.1) is 0 Å². The number of nitrogens with zero attached hydrogens (tertiary/aromatic N) is 3. The molecule has 4 rings (SSSR count). The molecule has 152 valence electrons. The van der Waals surface area contributed by atoms with E-state index in [1.165, 1.54) is 38.8 Å². The van der Waals surface area contributed by atoms with Crippen molar-refractivity contribution in [1.29, 1.82) is 0 Å². The third-order valence-corrected chi connectivity index (χ3v) is 5.82. The lowest BCUT2D eigenvalue weighted by atomic mass is 10.1. The number of guanidine groups is 1. The maximum Gasteiger partial charge on any atom is 0.265 e. The molecule has 0 bridgehead atoms. The Bertz CT molecular complexity index is 711. The number of rotatable bonds is 6. The van der Waals surface area contributed by atoms with Crippen molar-refractivity contribution >= 4 is 17.6 Å². The van der Waals surface area contributed by atoms with Crippen LogP contribution in [-0.4, -0.2) is 68.7 Å². The van der Waals surface area contributed by atoms with E-state index in [2.05, 4.69) is 20.5 Å². The monoisotopic (exact) mass is 385 g/mol. The fraction of sp³-hybridized carbons (Fsp3) is 0.619. The maximum atomic E-state index is 12.2. The minimum atomic E-state index is 0.0172. The lowest BCUT2D eigenvalue weighted by Gasteiger charge is -2.33. The van der Waals surface area contributed by atoms with Crippen LogP contribution in [-0.2, 0) is 4.79 Å². The number of aliphatic imine (C=N–C) groups is 1. The van der Waals surface area contributed by atoms with Crippen molar-refractivity contribution in [3.05, 3.63) is 24.3 Å². The number of fused-ring (bicyclic) bond motifs is 1. The van der Waals surface area contributed by atoms with Gasteiger partial charge in [0.05, 0.1) is 5.69 Å². The lowest BCUT2D eigenvalue weighted by molar-refractivity contribution is -0.121. The number of carbonyl (C=O) groups is 1. The normalized spacial score (nSPS) is 21.2. The van der Waals surface area contributed by atoms with Gasteiger partial charge in [0.25, 0.3) is 5.91 Å². The zero-order valence-corrected chi connectivity index (χ0v) is 16.7. The minimum Gasteiger partial charge on any atom is -0.482 e. The highest BCUT2D eigenvalue weighted by Gasteiger charge is 2.32. The highest BCUT2D eigenvalue weighted by atomic mass is 16.5. The van der Waals surface area contributed by atoms with Gasteiger partial charge < -0.3 is 25.2 Å². The molecule has 7 heteroatoms. The Hall–Kier alpha value is -2.28. The predicted molar refractivity (Wildman–Crippen MR) is 111 cm³/mol. The number of hydrogen-bond donors (Lipinski definition) is 2. The van der Waals surface area contributed by atoms with E-state index in [1.807, 2.05) is 36.2 Å². The van der Waals surface area contributed by atoms with Gasteiger partial charge in [0.15, 0.2) is 12.6 Å². The molecular weight excluding hydrogens is 354 g/mol. The van der Waals surface area contributed by atoms with Gasteiger partial charge in [-0.25, -0.2) is 0 Å². The number of para-hydroxylation sites is 2. The minimum absolute atomic E-state index is 0.0172. The first kappa shape index (κ1) is 19.1. The van der Waals surface area contributed by atoms with Crippen molar-refractivity contribution in [1.82, 2.24) is 15.5 Å². The van der Waals surface area contributed by atoms with Crippen molar-refractivity contribution in [2.75, 3.05) is 44.7 Å². The van der Waals surface area contributed by atoms with E-state index in [1.54, 1.807) is 0 Å². The molecule has 7 nitrogen and oxygen atoms in total. The fourth-order valence-electron chi connectivity index (χ4n) is 4.08. The molecule has 1 aromatic rings. The molecule has 28 heavy (non-hydrogen) atoms. The maximum absolute atomic E-state index is 12.2. The molecule has 2 fully saturated rings. The second-order valence-corrected chi connectivity index (χ2v) is 7.84. The van der Waals surface area contributed by atoms with E-state index in [4.69, 9.17) is 4.74 Å². The van der Waals surface area contributed by atoms with Crippen LogP contribution in [0.1, 0.15) is 32.1 Å². The van der Waals surface area contributed by atoms with E-state index < -0.39 is 0 Å². The molecule has 0 atom stereocenters. The average Bonchev–Trinajstić information content (AvgIpc) is 3.57. The van der Waals surface area contributed by atoms with Gasteiger partial charge in [-0.3, -0.25) is 9.79 Å². The topological polar surface area (TPSA) is 69.2 Å². The highest BCUT2D eigenvalue weighted by molar-refractivity contribution is 5.97. The Morgan fingerprint density at radius 3 is 2.75 bits per heavy atom. The van der Waals surface area contributed by atoms with Gasteiger partial charge in [-0.1, -0.05) is 12.1 Å². The molecule has 3 aliphatic rings. The first-order valence-corrected chi connectivity index (χ1v) is 10.5. The number of likely N-dealkylation sites (tertiary alicyclic amines) is 1. The molecule has 1 saturated heterocycles. The Morgan fingerprint density at radius 2 is 2.00 bits per heavy atom. The fourth-order valence-corrected chi connectivity index (χ4v) is 4.08. The Balaban J connectivity index is 1.19. The van der Waals surface area contributed by atoms with Crippen LogP contribution in [0.5, 0.6) is 5.75 Å². The number of nitrogens with one attached hydrogen (secondary N) is 2. The summed E-state index contributed by atoms with van der Waals surface area (Å²) >= 11 is 0. The SMILES string of the molecule is CN=C(NCCCN1C(=O)COc2ccccc21)NC1CCN(C2CC2)CC1. The van der Waals surface area contributed by atoms with Crippen molar-refractivity contribution in [3.8, 4) is 5.75 Å². The van der Waals surface area contributed by atoms with Crippen molar-refractivity contribution in [2.45, 2.75) is 44.2 Å². The van der Waals surface area contributed by atoms with E-state index >= 15 is 0 Å². The molecule has 1 aliphatic carbocycles. The molecule has 1 saturated carbocycles. The molecule has 0 aromatic heterocycles. The number of anilines is 1. The van der Waals surface area contributed by atoms with Gasteiger partial charge in [0.1, 0.15) is 5.75 Å². The van der Waals surface area contributed by atoms with Crippen molar-refractivity contribution in [3.63, 3.8) is 0 Å². The quantitative estimate of drug-likeness (QED) is 0.442. The Morgan fingerprint density at radius 1 is 1.21 bits per heavy atom. The van der Waals surface area contributed by atoms with Crippen LogP contribution in [0.15, 0.2) is 29.3 Å². The number of amides is 1. The molecule has 0 spiro atoms. The summed E-state index contributed by atoms with van der Waals surface area (Å²) in [7, 11) is 1.82. The second kappa shape index (κ2) is 8.82. The van der Waals surface area contributed by atoms with E-state index in [-0.39, 0.29) is 12.5 Å². The van der Waals surface area contributed by atoms with Gasteiger partial charge in [-0.05, 0) is 44.2 Å². The summed E-state index contributed by atoms with van der Waals surface area (Å²) in [5, 5.41) is 6.96. The zero-order valence-electron chi connectivity index (χ0n) is 16.7. The largest absolute Gasteiger partial charge is 0.482 e. The summed E-state index contributed by atoms with van der Waals surface area (Å²) in [5.41, 5.74) is 0.865. The van der Waals surface area contributed by atoms with Crippen LogP contribution < -0.4 is 20.3 Å². The number of carbonyl (C=O) groups excluding carboxylic acids is 1.